The van der Waals surface area contributed by atoms with Crippen molar-refractivity contribution < 1.29 is 4.79 Å². The monoisotopic (exact) mass is 352 g/mol. The summed E-state index contributed by atoms with van der Waals surface area (Å²) in [6.07, 6.45) is 0. The Hall–Kier alpha value is -1.36. The molecule has 1 amide bonds. The predicted molar refractivity (Wildman–Crippen MR) is 84.4 cm³/mol. The first kappa shape index (κ1) is 15.0. The van der Waals surface area contributed by atoms with Gasteiger partial charge in [-0.25, -0.2) is 0 Å². The number of carbonyl (C=O) groups is 1. The second-order valence-electron chi connectivity index (χ2n) is 4.37. The topological polar surface area (TPSA) is 55.1 Å². The highest BCUT2D eigenvalue weighted by Gasteiger charge is 2.20. The molecule has 0 aliphatic carbocycles. The van der Waals surface area contributed by atoms with Crippen LogP contribution >= 0.6 is 27.5 Å². The van der Waals surface area contributed by atoms with Gasteiger partial charge < -0.3 is 5.73 Å². The van der Waals surface area contributed by atoms with E-state index in [1.54, 1.807) is 18.2 Å². The maximum atomic E-state index is 11.7. The van der Waals surface area contributed by atoms with Crippen LogP contribution in [0.4, 0.5) is 0 Å². The molecule has 104 valence electrons. The average molecular weight is 354 g/mol. The van der Waals surface area contributed by atoms with E-state index in [0.29, 0.717) is 11.6 Å². The van der Waals surface area contributed by atoms with Crippen molar-refractivity contribution in [3.8, 4) is 0 Å². The van der Waals surface area contributed by atoms with E-state index in [2.05, 4.69) is 21.2 Å². The minimum Gasteiger partial charge on any atom is -0.368 e. The molecule has 3 N–H and O–H groups in total. The summed E-state index contributed by atoms with van der Waals surface area (Å²) in [5.74, 6) is -0.441. The first-order valence-corrected chi connectivity index (χ1v) is 7.26. The van der Waals surface area contributed by atoms with Gasteiger partial charge in [0.25, 0.3) is 0 Å². The third-order valence-corrected chi connectivity index (χ3v) is 3.86. The Labute approximate surface area is 131 Å². The number of nitrogens with two attached hydrogens (primary N) is 1. The summed E-state index contributed by atoms with van der Waals surface area (Å²) in [7, 11) is 0. The smallest absolute Gasteiger partial charge is 0.239 e. The van der Waals surface area contributed by atoms with Gasteiger partial charge >= 0.3 is 0 Å². The summed E-state index contributed by atoms with van der Waals surface area (Å²) in [6.45, 7) is 0.549. The normalized spacial score (nSPS) is 12.1. The predicted octanol–water partition coefficient (Wildman–Crippen LogP) is 3.42. The van der Waals surface area contributed by atoms with Crippen molar-refractivity contribution in [1.82, 2.24) is 5.32 Å². The van der Waals surface area contributed by atoms with Crippen molar-refractivity contribution in [2.24, 2.45) is 5.73 Å². The van der Waals surface area contributed by atoms with Gasteiger partial charge in [-0.3, -0.25) is 10.1 Å². The Morgan fingerprint density at radius 3 is 2.60 bits per heavy atom. The summed E-state index contributed by atoms with van der Waals surface area (Å²) in [4.78, 5) is 11.7. The van der Waals surface area contributed by atoms with Crippen LogP contribution in [0.5, 0.6) is 0 Å². The van der Waals surface area contributed by atoms with Gasteiger partial charge in [0, 0.05) is 16.0 Å². The van der Waals surface area contributed by atoms with Crippen molar-refractivity contribution >= 4 is 33.4 Å². The lowest BCUT2D eigenvalue weighted by Gasteiger charge is -2.17. The van der Waals surface area contributed by atoms with E-state index in [1.807, 2.05) is 30.3 Å². The van der Waals surface area contributed by atoms with Gasteiger partial charge in [-0.15, -0.1) is 0 Å². The summed E-state index contributed by atoms with van der Waals surface area (Å²) in [5.41, 5.74) is 7.30. The fourth-order valence-corrected chi connectivity index (χ4v) is 2.57. The molecule has 0 bridgehead atoms. The first-order valence-electron chi connectivity index (χ1n) is 6.09. The molecule has 0 saturated carbocycles. The van der Waals surface area contributed by atoms with Crippen molar-refractivity contribution in [3.63, 3.8) is 0 Å². The van der Waals surface area contributed by atoms with Crippen LogP contribution in [0.15, 0.2) is 53.0 Å². The van der Waals surface area contributed by atoms with Crippen LogP contribution in [-0.2, 0) is 11.3 Å². The lowest BCUT2D eigenvalue weighted by atomic mass is 10.1. The molecule has 2 aromatic carbocycles. The highest BCUT2D eigenvalue weighted by Crippen LogP contribution is 2.27. The maximum Gasteiger partial charge on any atom is 0.239 e. The van der Waals surface area contributed by atoms with Crippen LogP contribution in [0.2, 0.25) is 5.02 Å². The van der Waals surface area contributed by atoms with E-state index in [1.165, 1.54) is 0 Å². The Morgan fingerprint density at radius 1 is 1.25 bits per heavy atom. The zero-order chi connectivity index (χ0) is 14.5. The van der Waals surface area contributed by atoms with Crippen LogP contribution in [0.3, 0.4) is 0 Å². The fourth-order valence-electron chi connectivity index (χ4n) is 1.92. The third kappa shape index (κ3) is 3.82. The standard InChI is InChI=1S/C15H14BrClN2O/c16-13-7-6-11(17)8-12(13)14(15(18)20)19-9-10-4-2-1-3-5-10/h1-8,14,19H,9H2,(H2,18,20). The molecule has 0 radical (unpaired) electrons. The zero-order valence-electron chi connectivity index (χ0n) is 10.6. The quantitative estimate of drug-likeness (QED) is 0.865. The van der Waals surface area contributed by atoms with Crippen molar-refractivity contribution in [2.45, 2.75) is 12.6 Å². The molecule has 20 heavy (non-hydrogen) atoms. The van der Waals surface area contributed by atoms with E-state index < -0.39 is 11.9 Å². The van der Waals surface area contributed by atoms with Crippen molar-refractivity contribution in [1.29, 1.82) is 0 Å². The zero-order valence-corrected chi connectivity index (χ0v) is 13.0. The van der Waals surface area contributed by atoms with Crippen molar-refractivity contribution in [3.05, 3.63) is 69.2 Å². The van der Waals surface area contributed by atoms with Gasteiger partial charge in [-0.1, -0.05) is 57.9 Å². The van der Waals surface area contributed by atoms with Gasteiger partial charge in [0.05, 0.1) is 0 Å². The summed E-state index contributed by atoms with van der Waals surface area (Å²) in [6, 6.07) is 14.5. The van der Waals surface area contributed by atoms with Gasteiger partial charge in [0.2, 0.25) is 5.91 Å². The van der Waals surface area contributed by atoms with Crippen LogP contribution in [0.1, 0.15) is 17.2 Å². The van der Waals surface area contributed by atoms with Gasteiger partial charge in [-0.05, 0) is 29.3 Å². The van der Waals surface area contributed by atoms with Crippen molar-refractivity contribution in [2.75, 3.05) is 0 Å². The fraction of sp³-hybridized carbons (Fsp3) is 0.133. The largest absolute Gasteiger partial charge is 0.368 e. The molecule has 0 heterocycles. The highest BCUT2D eigenvalue weighted by atomic mass is 79.9. The molecule has 5 heteroatoms. The molecule has 3 nitrogen and oxygen atoms in total. The van der Waals surface area contributed by atoms with Crippen LogP contribution in [0, 0.1) is 0 Å². The molecule has 1 atom stereocenters. The van der Waals surface area contributed by atoms with Crippen LogP contribution in [0.25, 0.3) is 0 Å². The number of carbonyl (C=O) groups excluding carboxylic acids is 1. The molecule has 0 saturated heterocycles. The molecule has 2 rings (SSSR count). The number of benzene rings is 2. The Kier molecular flexibility index (Phi) is 5.17. The highest BCUT2D eigenvalue weighted by molar-refractivity contribution is 9.10. The van der Waals surface area contributed by atoms with E-state index in [-0.39, 0.29) is 0 Å². The first-order chi connectivity index (χ1) is 9.58. The molecule has 0 aliphatic heterocycles. The second-order valence-corrected chi connectivity index (χ2v) is 5.66. The SMILES string of the molecule is NC(=O)C(NCc1ccccc1)c1cc(Cl)ccc1Br. The molecule has 2 aromatic rings. The molecule has 0 spiro atoms. The molecule has 0 aromatic heterocycles. The molecular weight excluding hydrogens is 340 g/mol. The molecule has 0 fully saturated rings. The molecular formula is C15H14BrClN2O. The lowest BCUT2D eigenvalue weighted by molar-refractivity contribution is -0.120. The second kappa shape index (κ2) is 6.88. The minimum absolute atomic E-state index is 0.441. The van der Waals surface area contributed by atoms with E-state index in [4.69, 9.17) is 17.3 Å². The number of primary amides is 1. The number of nitrogens with one attached hydrogen (secondary N) is 1. The Bertz CT molecular complexity index is 604. The Morgan fingerprint density at radius 2 is 1.95 bits per heavy atom. The summed E-state index contributed by atoms with van der Waals surface area (Å²) < 4.78 is 0.797. The van der Waals surface area contributed by atoms with Gasteiger partial charge in [-0.2, -0.15) is 0 Å². The van der Waals surface area contributed by atoms with Crippen LogP contribution < -0.4 is 11.1 Å². The number of halogens is 2. The number of rotatable bonds is 5. The third-order valence-electron chi connectivity index (χ3n) is 2.91. The summed E-state index contributed by atoms with van der Waals surface area (Å²) in [5, 5.41) is 3.72. The number of amides is 1. The van der Waals surface area contributed by atoms with E-state index in [9.17, 15) is 4.79 Å². The molecule has 0 aliphatic rings. The lowest BCUT2D eigenvalue weighted by Crippen LogP contribution is -2.33. The number of hydrogen-bond donors (Lipinski definition) is 2. The van der Waals surface area contributed by atoms with Crippen LogP contribution in [-0.4, -0.2) is 5.91 Å². The number of hydrogen-bond acceptors (Lipinski definition) is 2. The van der Waals surface area contributed by atoms with E-state index >= 15 is 0 Å². The average Bonchev–Trinajstić information content (AvgIpc) is 2.43. The Balaban J connectivity index is 2.19. The minimum atomic E-state index is -0.594. The maximum absolute atomic E-state index is 11.7. The molecule has 1 unspecified atom stereocenters. The summed E-state index contributed by atoms with van der Waals surface area (Å²) >= 11 is 9.40. The van der Waals surface area contributed by atoms with Gasteiger partial charge in [0.1, 0.15) is 6.04 Å². The van der Waals surface area contributed by atoms with E-state index in [0.717, 1.165) is 15.6 Å². The van der Waals surface area contributed by atoms with Gasteiger partial charge in [0.15, 0.2) is 0 Å².